The molecule has 2 fully saturated rings. The standard InChI is InChI=1S/C22H28N2O5S2/c23-18-8-10-19(11-9-18)24(21-14-30(26,27)15-22(21)25)31(28,29)20-12-6-17(7-13-20)16-4-2-1-3-5-16/h6-13,16,21-22,25H,1-5,14-15,23H2/t21-,22-/m1/s1. The number of hydrogen-bond acceptors (Lipinski definition) is 6. The van der Waals surface area contributed by atoms with E-state index < -0.39 is 43.5 Å². The summed E-state index contributed by atoms with van der Waals surface area (Å²) in [6.07, 6.45) is 4.52. The van der Waals surface area contributed by atoms with Gasteiger partial charge in [-0.3, -0.25) is 4.31 Å². The van der Waals surface area contributed by atoms with E-state index in [1.807, 2.05) is 12.1 Å². The molecule has 2 atom stereocenters. The molecule has 1 heterocycles. The Morgan fingerprint density at radius 1 is 0.903 bits per heavy atom. The topological polar surface area (TPSA) is 118 Å². The van der Waals surface area contributed by atoms with Crippen LogP contribution in [0.15, 0.2) is 53.4 Å². The van der Waals surface area contributed by atoms with Gasteiger partial charge in [-0.05, 0) is 60.7 Å². The number of aliphatic hydroxyl groups is 1. The molecule has 1 saturated carbocycles. The molecular weight excluding hydrogens is 436 g/mol. The molecule has 0 unspecified atom stereocenters. The molecule has 31 heavy (non-hydrogen) atoms. The van der Waals surface area contributed by atoms with Gasteiger partial charge in [0.1, 0.15) is 0 Å². The molecule has 1 saturated heterocycles. The van der Waals surface area contributed by atoms with Crippen LogP contribution in [0, 0.1) is 0 Å². The third-order valence-electron chi connectivity index (χ3n) is 6.26. The maximum absolute atomic E-state index is 13.6. The van der Waals surface area contributed by atoms with Crippen LogP contribution in [0.2, 0.25) is 0 Å². The van der Waals surface area contributed by atoms with E-state index in [-0.39, 0.29) is 10.6 Å². The predicted molar refractivity (Wildman–Crippen MR) is 121 cm³/mol. The average Bonchev–Trinajstić information content (AvgIpc) is 3.02. The highest BCUT2D eigenvalue weighted by atomic mass is 32.2. The fourth-order valence-corrected chi connectivity index (χ4v) is 8.17. The molecule has 9 heteroatoms. The number of nitrogens with two attached hydrogens (primary N) is 1. The highest BCUT2D eigenvalue weighted by molar-refractivity contribution is 7.93. The fourth-order valence-electron chi connectivity index (χ4n) is 4.63. The van der Waals surface area contributed by atoms with E-state index in [0.717, 1.165) is 22.7 Å². The zero-order chi connectivity index (χ0) is 22.2. The van der Waals surface area contributed by atoms with Crippen molar-refractivity contribution in [2.45, 2.75) is 55.1 Å². The summed E-state index contributed by atoms with van der Waals surface area (Å²) >= 11 is 0. The van der Waals surface area contributed by atoms with Gasteiger partial charge in [0.05, 0.1) is 34.2 Å². The zero-order valence-corrected chi connectivity index (χ0v) is 18.9. The van der Waals surface area contributed by atoms with Gasteiger partial charge in [-0.25, -0.2) is 16.8 Å². The van der Waals surface area contributed by atoms with Crippen LogP contribution in [-0.4, -0.2) is 45.6 Å². The first-order valence-electron chi connectivity index (χ1n) is 10.6. The number of sulfonamides is 1. The highest BCUT2D eigenvalue weighted by Gasteiger charge is 2.45. The number of anilines is 2. The molecule has 0 radical (unpaired) electrons. The third kappa shape index (κ3) is 4.58. The second-order valence-corrected chi connectivity index (χ2v) is 12.5. The molecule has 0 spiro atoms. The Hall–Kier alpha value is -2.10. The van der Waals surface area contributed by atoms with Crippen LogP contribution >= 0.6 is 0 Å². The predicted octanol–water partition coefficient (Wildman–Crippen LogP) is 2.67. The van der Waals surface area contributed by atoms with Gasteiger partial charge in [-0.15, -0.1) is 0 Å². The number of rotatable bonds is 5. The van der Waals surface area contributed by atoms with E-state index in [1.165, 1.54) is 31.4 Å². The molecule has 2 aromatic carbocycles. The van der Waals surface area contributed by atoms with Crippen molar-refractivity contribution in [2.75, 3.05) is 21.5 Å². The van der Waals surface area contributed by atoms with E-state index in [1.54, 1.807) is 24.3 Å². The van der Waals surface area contributed by atoms with E-state index in [9.17, 15) is 21.9 Å². The molecule has 0 aromatic heterocycles. The van der Waals surface area contributed by atoms with Crippen LogP contribution in [0.25, 0.3) is 0 Å². The molecule has 2 aromatic rings. The molecule has 1 aliphatic carbocycles. The van der Waals surface area contributed by atoms with Crippen molar-refractivity contribution in [1.29, 1.82) is 0 Å². The molecule has 7 nitrogen and oxygen atoms in total. The number of sulfone groups is 1. The van der Waals surface area contributed by atoms with Gasteiger partial charge < -0.3 is 10.8 Å². The minimum atomic E-state index is -4.11. The smallest absolute Gasteiger partial charge is 0.264 e. The molecule has 168 valence electrons. The summed E-state index contributed by atoms with van der Waals surface area (Å²) in [5, 5.41) is 10.4. The Labute approximate surface area is 183 Å². The van der Waals surface area contributed by atoms with Crippen molar-refractivity contribution in [1.82, 2.24) is 0 Å². The lowest BCUT2D eigenvalue weighted by molar-refractivity contribution is 0.184. The Kier molecular flexibility index (Phi) is 6.02. The summed E-state index contributed by atoms with van der Waals surface area (Å²) in [6.45, 7) is 0. The summed E-state index contributed by atoms with van der Waals surface area (Å²) in [4.78, 5) is 0.0698. The average molecular weight is 465 g/mol. The van der Waals surface area contributed by atoms with Crippen molar-refractivity contribution in [3.63, 3.8) is 0 Å². The van der Waals surface area contributed by atoms with Gasteiger partial charge in [0.15, 0.2) is 9.84 Å². The summed E-state index contributed by atoms with van der Waals surface area (Å²) < 4.78 is 52.6. The lowest BCUT2D eigenvalue weighted by atomic mass is 9.84. The number of aliphatic hydroxyl groups excluding tert-OH is 1. The Balaban J connectivity index is 1.72. The maximum Gasteiger partial charge on any atom is 0.264 e. The summed E-state index contributed by atoms with van der Waals surface area (Å²) in [5.74, 6) is -0.447. The second-order valence-electron chi connectivity index (χ2n) is 8.51. The monoisotopic (exact) mass is 464 g/mol. The molecule has 1 aliphatic heterocycles. The normalized spacial score (nSPS) is 24.2. The van der Waals surface area contributed by atoms with Crippen molar-refractivity contribution in [3.05, 3.63) is 54.1 Å². The van der Waals surface area contributed by atoms with E-state index >= 15 is 0 Å². The van der Waals surface area contributed by atoms with Crippen molar-refractivity contribution < 1.29 is 21.9 Å². The van der Waals surface area contributed by atoms with E-state index in [0.29, 0.717) is 11.6 Å². The van der Waals surface area contributed by atoms with Gasteiger partial charge in [-0.1, -0.05) is 31.4 Å². The van der Waals surface area contributed by atoms with Crippen molar-refractivity contribution >= 4 is 31.2 Å². The Morgan fingerprint density at radius 3 is 2.06 bits per heavy atom. The van der Waals surface area contributed by atoms with Crippen LogP contribution in [0.3, 0.4) is 0 Å². The third-order valence-corrected chi connectivity index (χ3v) is 9.82. The molecule has 0 amide bonds. The Morgan fingerprint density at radius 2 is 1.52 bits per heavy atom. The van der Waals surface area contributed by atoms with Crippen LogP contribution in [-0.2, 0) is 19.9 Å². The quantitative estimate of drug-likeness (QED) is 0.657. The van der Waals surface area contributed by atoms with E-state index in [4.69, 9.17) is 5.73 Å². The van der Waals surface area contributed by atoms with Crippen LogP contribution in [0.5, 0.6) is 0 Å². The first-order valence-corrected chi connectivity index (χ1v) is 13.8. The molecule has 3 N–H and O–H groups in total. The van der Waals surface area contributed by atoms with Crippen LogP contribution in [0.4, 0.5) is 11.4 Å². The highest BCUT2D eigenvalue weighted by Crippen LogP contribution is 2.35. The van der Waals surface area contributed by atoms with Crippen molar-refractivity contribution in [2.24, 2.45) is 0 Å². The number of nitrogens with zero attached hydrogens (tertiary/aromatic N) is 1. The second kappa shape index (κ2) is 8.44. The molecule has 2 aliphatic rings. The Bertz CT molecular complexity index is 1120. The molecule has 0 bridgehead atoms. The van der Waals surface area contributed by atoms with Crippen LogP contribution in [0.1, 0.15) is 43.6 Å². The van der Waals surface area contributed by atoms with Crippen molar-refractivity contribution in [3.8, 4) is 0 Å². The van der Waals surface area contributed by atoms with E-state index in [2.05, 4.69) is 0 Å². The minimum absolute atomic E-state index is 0.0698. The number of benzene rings is 2. The van der Waals surface area contributed by atoms with Crippen LogP contribution < -0.4 is 10.0 Å². The zero-order valence-electron chi connectivity index (χ0n) is 17.2. The summed E-state index contributed by atoms with van der Waals surface area (Å²) in [7, 11) is -7.66. The largest absolute Gasteiger partial charge is 0.399 e. The van der Waals surface area contributed by atoms with Gasteiger partial charge in [0.2, 0.25) is 0 Å². The van der Waals surface area contributed by atoms with Gasteiger partial charge >= 0.3 is 0 Å². The van der Waals surface area contributed by atoms with Gasteiger partial charge in [-0.2, -0.15) is 0 Å². The lowest BCUT2D eigenvalue weighted by Crippen LogP contribution is -2.47. The number of hydrogen-bond donors (Lipinski definition) is 2. The lowest BCUT2D eigenvalue weighted by Gasteiger charge is -2.31. The summed E-state index contributed by atoms with van der Waals surface area (Å²) in [5.41, 5.74) is 7.60. The van der Waals surface area contributed by atoms with Gasteiger partial charge in [0.25, 0.3) is 10.0 Å². The fraction of sp³-hybridized carbons (Fsp3) is 0.455. The summed E-state index contributed by atoms with van der Waals surface area (Å²) in [6, 6.07) is 11.9. The molecular formula is C22H28N2O5S2. The first kappa shape index (κ1) is 22.1. The number of nitrogen functional groups attached to an aromatic ring is 1. The SMILES string of the molecule is Nc1ccc(N([C@@H]2CS(=O)(=O)C[C@H]2O)S(=O)(=O)c2ccc(C3CCCCC3)cc2)cc1. The van der Waals surface area contributed by atoms with Gasteiger partial charge in [0, 0.05) is 5.69 Å². The maximum atomic E-state index is 13.6. The first-order chi connectivity index (χ1) is 14.7. The molecule has 4 rings (SSSR count). The minimum Gasteiger partial charge on any atom is -0.399 e.